The second-order valence-corrected chi connectivity index (χ2v) is 8.65. The van der Waals surface area contributed by atoms with Crippen molar-refractivity contribution < 1.29 is 18.8 Å². The minimum absolute atomic E-state index is 0.173. The topological polar surface area (TPSA) is 93.0 Å². The molecule has 2 fully saturated rings. The van der Waals surface area contributed by atoms with Gasteiger partial charge in [-0.3, -0.25) is 4.79 Å². The maximum absolute atomic E-state index is 13.2. The van der Waals surface area contributed by atoms with Crippen LogP contribution in [-0.4, -0.2) is 68.7 Å². The summed E-state index contributed by atoms with van der Waals surface area (Å²) in [6.07, 6.45) is 1.53. The summed E-state index contributed by atoms with van der Waals surface area (Å²) < 4.78 is 16.3. The van der Waals surface area contributed by atoms with Gasteiger partial charge in [0.1, 0.15) is 0 Å². The highest BCUT2D eigenvalue weighted by molar-refractivity contribution is 6.07. The number of carbonyl (C=O) groups is 1. The number of ether oxygens (including phenoxy) is 2. The Hall–Kier alpha value is -3.17. The largest absolute Gasteiger partial charge is 0.378 e. The van der Waals surface area contributed by atoms with E-state index in [4.69, 9.17) is 14.0 Å². The molecule has 0 bridgehead atoms. The third-order valence-corrected chi connectivity index (χ3v) is 6.12. The molecule has 2 aliphatic heterocycles. The van der Waals surface area contributed by atoms with Crippen LogP contribution in [0.2, 0.25) is 0 Å². The second kappa shape index (κ2) is 9.36. The lowest BCUT2D eigenvalue weighted by Gasteiger charge is -2.33. The molecule has 0 spiro atoms. The summed E-state index contributed by atoms with van der Waals surface area (Å²) in [5.41, 5.74) is 4.62. The number of aromatic nitrogens is 2. The van der Waals surface area contributed by atoms with Crippen LogP contribution in [0.5, 0.6) is 0 Å². The van der Waals surface area contributed by atoms with Gasteiger partial charge in [-0.2, -0.15) is 0 Å². The zero-order chi connectivity index (χ0) is 22.8. The van der Waals surface area contributed by atoms with E-state index in [0.717, 1.165) is 67.5 Å². The number of benzene rings is 1. The predicted octanol–water partition coefficient (Wildman–Crippen LogP) is 3.27. The van der Waals surface area contributed by atoms with Crippen LogP contribution in [0.1, 0.15) is 35.8 Å². The lowest BCUT2D eigenvalue weighted by Crippen LogP contribution is -2.38. The number of nitrogens with zero attached hydrogens (tertiary/aromatic N) is 4. The summed E-state index contributed by atoms with van der Waals surface area (Å²) in [5.74, 6) is -0.0408. The van der Waals surface area contributed by atoms with Crippen LogP contribution in [0.15, 0.2) is 35.0 Å². The first-order valence-electron chi connectivity index (χ1n) is 11.5. The Balaban J connectivity index is 1.44. The van der Waals surface area contributed by atoms with Crippen LogP contribution in [0.25, 0.3) is 11.1 Å². The number of hydrogen-bond donors (Lipinski definition) is 1. The average Bonchev–Trinajstić information content (AvgIpc) is 3.29. The molecule has 0 radical (unpaired) electrons. The van der Waals surface area contributed by atoms with Gasteiger partial charge in [-0.1, -0.05) is 19.0 Å². The van der Waals surface area contributed by atoms with Crippen molar-refractivity contribution in [2.45, 2.75) is 19.8 Å². The molecule has 1 amide bonds. The number of carbonyl (C=O) groups excluding carboxylic acids is 1. The van der Waals surface area contributed by atoms with Crippen LogP contribution < -0.4 is 15.1 Å². The number of hydrogen-bond acceptors (Lipinski definition) is 8. The van der Waals surface area contributed by atoms with Crippen molar-refractivity contribution in [3.63, 3.8) is 0 Å². The molecule has 2 aliphatic rings. The Labute approximate surface area is 192 Å². The van der Waals surface area contributed by atoms with E-state index in [-0.39, 0.29) is 11.8 Å². The van der Waals surface area contributed by atoms with E-state index in [1.54, 1.807) is 6.07 Å². The van der Waals surface area contributed by atoms with Crippen molar-refractivity contribution in [2.75, 3.05) is 67.7 Å². The summed E-state index contributed by atoms with van der Waals surface area (Å²) in [6.45, 7) is 10.1. The van der Waals surface area contributed by atoms with Gasteiger partial charge >= 0.3 is 0 Å². The SMILES string of the molecule is CC(C)c1noc2ncc(C(=O)Nc3ccc(N4CCOCC4)cc3N3CCOCC3)cc12. The third-order valence-electron chi connectivity index (χ3n) is 6.12. The number of morpholine rings is 2. The maximum atomic E-state index is 13.2. The molecular weight excluding hydrogens is 422 g/mol. The number of nitrogens with one attached hydrogen (secondary N) is 1. The van der Waals surface area contributed by atoms with Gasteiger partial charge in [0.05, 0.1) is 54.4 Å². The van der Waals surface area contributed by atoms with Gasteiger partial charge in [0.2, 0.25) is 0 Å². The molecular formula is C24H29N5O4. The fourth-order valence-corrected chi connectivity index (χ4v) is 4.29. The molecule has 1 aromatic carbocycles. The molecule has 4 heterocycles. The van der Waals surface area contributed by atoms with E-state index < -0.39 is 0 Å². The molecule has 3 aromatic rings. The van der Waals surface area contributed by atoms with Gasteiger partial charge < -0.3 is 29.1 Å². The summed E-state index contributed by atoms with van der Waals surface area (Å²) in [7, 11) is 0. The number of rotatable bonds is 5. The van der Waals surface area contributed by atoms with Gasteiger partial charge in [0.25, 0.3) is 11.6 Å². The lowest BCUT2D eigenvalue weighted by molar-refractivity contribution is 0.102. The molecule has 5 rings (SSSR count). The van der Waals surface area contributed by atoms with Gasteiger partial charge in [-0.25, -0.2) is 4.98 Å². The fourth-order valence-electron chi connectivity index (χ4n) is 4.29. The van der Waals surface area contributed by atoms with Gasteiger partial charge in [-0.15, -0.1) is 0 Å². The summed E-state index contributed by atoms with van der Waals surface area (Å²) >= 11 is 0. The molecule has 2 saturated heterocycles. The van der Waals surface area contributed by atoms with Crippen molar-refractivity contribution in [1.82, 2.24) is 10.1 Å². The Morgan fingerprint density at radius 3 is 2.39 bits per heavy atom. The fraction of sp³-hybridized carbons (Fsp3) is 0.458. The Bertz CT molecular complexity index is 1130. The minimum Gasteiger partial charge on any atom is -0.378 e. The molecule has 174 valence electrons. The van der Waals surface area contributed by atoms with Gasteiger partial charge in [-0.05, 0) is 30.2 Å². The molecule has 2 aromatic heterocycles. The smallest absolute Gasteiger partial charge is 0.257 e. The first-order chi connectivity index (χ1) is 16.1. The van der Waals surface area contributed by atoms with Crippen LogP contribution in [0, 0.1) is 0 Å². The Kier molecular flexibility index (Phi) is 6.15. The van der Waals surface area contributed by atoms with Crippen LogP contribution in [0.4, 0.5) is 17.1 Å². The van der Waals surface area contributed by atoms with Crippen molar-refractivity contribution in [3.05, 3.63) is 41.7 Å². The quantitative estimate of drug-likeness (QED) is 0.632. The molecule has 9 heteroatoms. The average molecular weight is 452 g/mol. The molecule has 0 saturated carbocycles. The standard InChI is InChI=1S/C24H29N5O4/c1-16(2)22-19-13-17(15-25-24(19)33-27-22)23(30)26-20-4-3-18(28-5-9-31-10-6-28)14-21(20)29-7-11-32-12-8-29/h3-4,13-16H,5-12H2,1-2H3,(H,26,30). The number of fused-ring (bicyclic) bond motifs is 1. The van der Waals surface area contributed by atoms with Gasteiger partial charge in [0, 0.05) is 38.1 Å². The van der Waals surface area contributed by atoms with E-state index in [9.17, 15) is 4.79 Å². The molecule has 0 aliphatic carbocycles. The zero-order valence-electron chi connectivity index (χ0n) is 19.0. The zero-order valence-corrected chi connectivity index (χ0v) is 19.0. The number of anilines is 3. The van der Waals surface area contributed by atoms with Crippen LogP contribution in [-0.2, 0) is 9.47 Å². The van der Waals surface area contributed by atoms with Crippen molar-refractivity contribution in [2.24, 2.45) is 0 Å². The maximum Gasteiger partial charge on any atom is 0.257 e. The second-order valence-electron chi connectivity index (χ2n) is 8.65. The molecule has 33 heavy (non-hydrogen) atoms. The van der Waals surface area contributed by atoms with E-state index in [0.29, 0.717) is 24.5 Å². The van der Waals surface area contributed by atoms with E-state index in [1.807, 2.05) is 19.9 Å². The monoisotopic (exact) mass is 451 g/mol. The van der Waals surface area contributed by atoms with Gasteiger partial charge in [0.15, 0.2) is 0 Å². The third kappa shape index (κ3) is 4.51. The number of pyridine rings is 1. The lowest BCUT2D eigenvalue weighted by atomic mass is 10.1. The normalized spacial score (nSPS) is 17.1. The Morgan fingerprint density at radius 1 is 1.00 bits per heavy atom. The van der Waals surface area contributed by atoms with Crippen LogP contribution in [0.3, 0.4) is 0 Å². The predicted molar refractivity (Wildman–Crippen MR) is 126 cm³/mol. The highest BCUT2D eigenvalue weighted by Crippen LogP contribution is 2.33. The number of amides is 1. The van der Waals surface area contributed by atoms with E-state index in [2.05, 4.69) is 37.4 Å². The molecule has 9 nitrogen and oxygen atoms in total. The van der Waals surface area contributed by atoms with Crippen molar-refractivity contribution >= 4 is 34.1 Å². The molecule has 0 unspecified atom stereocenters. The molecule has 1 N–H and O–H groups in total. The van der Waals surface area contributed by atoms with Crippen LogP contribution >= 0.6 is 0 Å². The van der Waals surface area contributed by atoms with Crippen molar-refractivity contribution in [3.8, 4) is 0 Å². The minimum atomic E-state index is -0.214. The summed E-state index contributed by atoms with van der Waals surface area (Å²) in [5, 5.41) is 7.98. The first-order valence-corrected chi connectivity index (χ1v) is 11.5. The summed E-state index contributed by atoms with van der Waals surface area (Å²) in [4.78, 5) is 22.1. The highest BCUT2D eigenvalue weighted by Gasteiger charge is 2.21. The highest BCUT2D eigenvalue weighted by atomic mass is 16.5. The van der Waals surface area contributed by atoms with Crippen molar-refractivity contribution in [1.29, 1.82) is 0 Å². The summed E-state index contributed by atoms with van der Waals surface area (Å²) in [6, 6.07) is 8.01. The Morgan fingerprint density at radius 2 is 1.70 bits per heavy atom. The van der Waals surface area contributed by atoms with E-state index in [1.165, 1.54) is 6.20 Å². The molecule has 0 atom stereocenters. The van der Waals surface area contributed by atoms with E-state index >= 15 is 0 Å². The first kappa shape index (κ1) is 21.7.